The van der Waals surface area contributed by atoms with E-state index in [1.54, 1.807) is 46.7 Å². The Labute approximate surface area is 265 Å². The Morgan fingerprint density at radius 2 is 1.22 bits per heavy atom. The van der Waals surface area contributed by atoms with Crippen molar-refractivity contribution in [1.82, 2.24) is 28.7 Å². The summed E-state index contributed by atoms with van der Waals surface area (Å²) >= 11 is 5.87. The van der Waals surface area contributed by atoms with Crippen molar-refractivity contribution in [3.05, 3.63) is 115 Å². The molecule has 2 aromatic carbocycles. The molecule has 0 aliphatic carbocycles. The summed E-state index contributed by atoms with van der Waals surface area (Å²) in [5.74, 6) is -2.50. The Morgan fingerprint density at radius 3 is 1.68 bits per heavy atom. The van der Waals surface area contributed by atoms with E-state index in [0.29, 0.717) is 22.7 Å². The molecule has 0 atom stereocenters. The summed E-state index contributed by atoms with van der Waals surface area (Å²) < 4.78 is 56.5. The Bertz CT molecular complexity index is 1760. The normalized spacial score (nSPS) is 10.1. The molecule has 6 aromatic rings. The topological polar surface area (TPSA) is 60.4 Å². The molecule has 6 nitrogen and oxygen atoms in total. The van der Waals surface area contributed by atoms with E-state index in [1.807, 2.05) is 6.92 Å². The molecule has 0 fully saturated rings. The van der Waals surface area contributed by atoms with E-state index in [0.717, 1.165) is 24.2 Å². The number of imidazole rings is 2. The fraction of sp³-hybridized carbons (Fsp3) is 0.107. The number of aryl methyl sites for hydroxylation is 1. The molecular weight excluding hydrogens is 636 g/mol. The third kappa shape index (κ3) is 7.62. The van der Waals surface area contributed by atoms with Crippen LogP contribution in [0.3, 0.4) is 0 Å². The number of halogens is 6. The maximum Gasteiger partial charge on any atom is 2.00 e. The number of nitrogens with zero attached hydrogens (tertiary/aromatic N) is 6. The van der Waals surface area contributed by atoms with Gasteiger partial charge in [0.15, 0.2) is 16.4 Å². The summed E-state index contributed by atoms with van der Waals surface area (Å²) in [5.41, 5.74) is 3.32. The molecule has 0 unspecified atom stereocenters. The van der Waals surface area contributed by atoms with Gasteiger partial charge in [-0.15, -0.1) is 0 Å². The minimum absolute atomic E-state index is 0. The molecule has 6 rings (SSSR count). The van der Waals surface area contributed by atoms with Gasteiger partial charge >= 0.3 is 23.1 Å². The Hall–Kier alpha value is -3.06. The first-order valence-corrected chi connectivity index (χ1v) is 12.1. The third-order valence-corrected chi connectivity index (χ3v) is 5.80. The standard InChI is InChI=1S/C14H11F2N3.C12H6ClF2N3.C2H5.BrH.Mg/c1-2-12-14-18-13(8-19(14)6-5-17-12)10-4-3-9(15)7-11(10)16;13-11-12-17-10(6-18(12)4-3-16-11)8-2-1-7(14)5-9(8)15;1-2;;/h3-8H,2H2,1H3;1-6H;1H2,2H3;1H;/q;;-1;;+2/p-1. The molecule has 41 heavy (non-hydrogen) atoms. The van der Waals surface area contributed by atoms with Gasteiger partial charge < -0.3 is 32.7 Å². The van der Waals surface area contributed by atoms with Crippen LogP contribution in [0.4, 0.5) is 17.6 Å². The number of aromatic nitrogens is 6. The third-order valence-electron chi connectivity index (χ3n) is 5.53. The zero-order valence-corrected chi connectivity index (χ0v) is 25.8. The van der Waals surface area contributed by atoms with Gasteiger partial charge in [-0.05, 0) is 30.7 Å². The average molecular weight is 658 g/mol. The van der Waals surface area contributed by atoms with Gasteiger partial charge in [0.1, 0.15) is 23.3 Å². The smallest absolute Gasteiger partial charge is 1.00 e. The van der Waals surface area contributed by atoms with Crippen LogP contribution >= 0.6 is 11.6 Å². The predicted octanol–water partition coefficient (Wildman–Crippen LogP) is 4.03. The van der Waals surface area contributed by atoms with Gasteiger partial charge in [-0.3, -0.25) is 4.98 Å². The quantitative estimate of drug-likeness (QED) is 0.164. The molecule has 4 heterocycles. The summed E-state index contributed by atoms with van der Waals surface area (Å²) in [5, 5.41) is 0.228. The van der Waals surface area contributed by atoms with E-state index in [-0.39, 0.29) is 56.3 Å². The van der Waals surface area contributed by atoms with E-state index in [2.05, 4.69) is 26.9 Å². The number of fused-ring (bicyclic) bond motifs is 2. The molecule has 0 aliphatic rings. The van der Waals surface area contributed by atoms with E-state index in [4.69, 9.17) is 11.6 Å². The van der Waals surface area contributed by atoms with Crippen LogP contribution in [-0.2, 0) is 6.42 Å². The molecule has 0 N–H and O–H groups in total. The minimum atomic E-state index is -0.664. The van der Waals surface area contributed by atoms with E-state index in [1.165, 1.54) is 30.5 Å². The van der Waals surface area contributed by atoms with Crippen molar-refractivity contribution < 1.29 is 34.5 Å². The maximum atomic E-state index is 13.7. The molecule has 0 spiro atoms. The van der Waals surface area contributed by atoms with Crippen LogP contribution in [0.5, 0.6) is 0 Å². The Kier molecular flexibility index (Phi) is 12.7. The predicted molar refractivity (Wildman–Crippen MR) is 148 cm³/mol. The summed E-state index contributed by atoms with van der Waals surface area (Å²) in [6.45, 7) is 6.98. The Morgan fingerprint density at radius 1 is 0.756 bits per heavy atom. The van der Waals surface area contributed by atoms with E-state index < -0.39 is 23.3 Å². The zero-order chi connectivity index (χ0) is 28.1. The van der Waals surface area contributed by atoms with E-state index in [9.17, 15) is 17.6 Å². The fourth-order valence-electron chi connectivity index (χ4n) is 3.77. The number of rotatable bonds is 3. The first-order chi connectivity index (χ1) is 18.8. The van der Waals surface area contributed by atoms with E-state index >= 15 is 0 Å². The maximum absolute atomic E-state index is 13.7. The summed E-state index contributed by atoms with van der Waals surface area (Å²) in [6.07, 6.45) is 10.7. The molecule has 0 amide bonds. The van der Waals surface area contributed by atoms with Crippen LogP contribution < -0.4 is 17.0 Å². The zero-order valence-electron chi connectivity index (χ0n) is 22.0. The SMILES string of the molecule is CCc1nccn2cc(-c3ccc(F)cc3F)nc12.Fc1ccc(-c2cn3ccnc(Cl)c3n2)c(F)c1.[Br-].[CH2-]C.[Mg+2]. The summed E-state index contributed by atoms with van der Waals surface area (Å²) in [4.78, 5) is 16.7. The van der Waals surface area contributed by atoms with Crippen molar-refractivity contribution >= 4 is 45.9 Å². The van der Waals surface area contributed by atoms with Crippen molar-refractivity contribution in [2.75, 3.05) is 0 Å². The molecule has 0 saturated carbocycles. The molecule has 4 aromatic heterocycles. The molecule has 13 heteroatoms. The summed E-state index contributed by atoms with van der Waals surface area (Å²) in [7, 11) is 0. The summed E-state index contributed by atoms with van der Waals surface area (Å²) in [6, 6.07) is 6.82. The molecule has 0 radical (unpaired) electrons. The van der Waals surface area contributed by atoms with Crippen LogP contribution in [0.1, 0.15) is 19.5 Å². The second-order valence-corrected chi connectivity index (χ2v) is 8.27. The van der Waals surface area contributed by atoms with Crippen LogP contribution in [0.2, 0.25) is 5.15 Å². The minimum Gasteiger partial charge on any atom is -1.00 e. The van der Waals surface area contributed by atoms with Crippen molar-refractivity contribution in [1.29, 1.82) is 0 Å². The molecule has 0 saturated heterocycles. The van der Waals surface area contributed by atoms with Crippen molar-refractivity contribution in [3.63, 3.8) is 0 Å². The van der Waals surface area contributed by atoms with Gasteiger partial charge in [0, 0.05) is 60.4 Å². The second-order valence-electron chi connectivity index (χ2n) is 7.91. The number of hydrogen-bond acceptors (Lipinski definition) is 4. The number of benzene rings is 2. The van der Waals surface area contributed by atoms with Gasteiger partial charge in [-0.1, -0.05) is 18.5 Å². The average Bonchev–Trinajstić information content (AvgIpc) is 3.55. The van der Waals surface area contributed by atoms with Gasteiger partial charge in [0.05, 0.1) is 17.1 Å². The van der Waals surface area contributed by atoms with Crippen LogP contribution in [0.15, 0.2) is 73.6 Å². The fourth-order valence-corrected chi connectivity index (χ4v) is 3.96. The molecular formula is C28H22BrClF4MgN6. The van der Waals surface area contributed by atoms with Gasteiger partial charge in [0.2, 0.25) is 0 Å². The van der Waals surface area contributed by atoms with Crippen molar-refractivity contribution in [3.8, 4) is 22.5 Å². The van der Waals surface area contributed by atoms with Gasteiger partial charge in [0.25, 0.3) is 0 Å². The molecule has 208 valence electrons. The van der Waals surface area contributed by atoms with Crippen LogP contribution in [0.25, 0.3) is 33.8 Å². The van der Waals surface area contributed by atoms with Gasteiger partial charge in [-0.25, -0.2) is 32.5 Å². The first-order valence-electron chi connectivity index (χ1n) is 11.8. The second kappa shape index (κ2) is 15.2. The van der Waals surface area contributed by atoms with Crippen molar-refractivity contribution in [2.24, 2.45) is 0 Å². The monoisotopic (exact) mass is 656 g/mol. The largest absolute Gasteiger partial charge is 2.00 e. The molecule has 0 bridgehead atoms. The van der Waals surface area contributed by atoms with Crippen LogP contribution in [-0.4, -0.2) is 51.8 Å². The van der Waals surface area contributed by atoms with Crippen LogP contribution in [0, 0.1) is 30.2 Å². The number of hydrogen-bond donors (Lipinski definition) is 0. The van der Waals surface area contributed by atoms with Gasteiger partial charge in [-0.2, -0.15) is 6.92 Å². The Balaban J connectivity index is 0.000000259. The van der Waals surface area contributed by atoms with Crippen molar-refractivity contribution in [2.45, 2.75) is 20.3 Å². The molecule has 0 aliphatic heterocycles. The first kappa shape index (κ1) is 34.1.